The Labute approximate surface area is 147 Å². The van der Waals surface area contributed by atoms with E-state index in [1.807, 2.05) is 10.7 Å². The number of aryl methyl sites for hydroxylation is 1. The summed E-state index contributed by atoms with van der Waals surface area (Å²) in [5, 5.41) is 10.6. The summed E-state index contributed by atoms with van der Waals surface area (Å²) in [4.78, 5) is 12.2. The number of benzene rings is 1. The first-order valence-electron chi connectivity index (χ1n) is 8.35. The number of nitrogens with zero attached hydrogens (tertiary/aromatic N) is 2. The largest absolute Gasteiger partial charge is 0.350 e. The van der Waals surface area contributed by atoms with E-state index in [2.05, 4.69) is 15.7 Å². The minimum absolute atomic E-state index is 0.0631. The van der Waals surface area contributed by atoms with Crippen molar-refractivity contribution >= 4 is 15.7 Å². The number of carbonyl (C=O) groups excluding carboxylic acids is 1. The van der Waals surface area contributed by atoms with Crippen molar-refractivity contribution in [2.45, 2.75) is 37.4 Å². The van der Waals surface area contributed by atoms with Crippen LogP contribution in [0, 0.1) is 0 Å². The summed E-state index contributed by atoms with van der Waals surface area (Å²) in [6.07, 6.45) is 0.962. The number of hydrogen-bond acceptors (Lipinski definition) is 5. The number of carbonyl (C=O) groups is 1. The zero-order valence-electron chi connectivity index (χ0n) is 13.9. The molecule has 2 N–H and O–H groups in total. The fraction of sp³-hybridized carbons (Fsp3) is 0.412. The third-order valence-corrected chi connectivity index (χ3v) is 5.84. The maximum absolute atomic E-state index is 12.2. The number of rotatable bonds is 6. The van der Waals surface area contributed by atoms with Crippen LogP contribution < -0.4 is 10.6 Å². The Hall–Kier alpha value is -2.19. The Balaban J connectivity index is 1.50. The van der Waals surface area contributed by atoms with Crippen molar-refractivity contribution in [2.75, 3.05) is 12.3 Å². The molecule has 0 aliphatic carbocycles. The van der Waals surface area contributed by atoms with E-state index < -0.39 is 9.84 Å². The molecule has 7 nitrogen and oxygen atoms in total. The van der Waals surface area contributed by atoms with Gasteiger partial charge in [-0.1, -0.05) is 18.2 Å². The fourth-order valence-corrected chi connectivity index (χ4v) is 4.02. The minimum atomic E-state index is -3.43. The predicted molar refractivity (Wildman–Crippen MR) is 93.5 cm³/mol. The summed E-state index contributed by atoms with van der Waals surface area (Å²) in [6, 6.07) is 10.2. The summed E-state index contributed by atoms with van der Waals surface area (Å²) >= 11 is 0. The third-order valence-electron chi connectivity index (χ3n) is 4.11. The summed E-state index contributed by atoms with van der Waals surface area (Å²) in [6.45, 7) is 2.93. The van der Waals surface area contributed by atoms with E-state index in [0.29, 0.717) is 6.54 Å². The number of amides is 1. The topological polar surface area (TPSA) is 93.1 Å². The van der Waals surface area contributed by atoms with E-state index in [1.165, 1.54) is 0 Å². The molecule has 25 heavy (non-hydrogen) atoms. The van der Waals surface area contributed by atoms with Gasteiger partial charge in [-0.05, 0) is 31.2 Å². The minimum Gasteiger partial charge on any atom is -0.350 e. The second kappa shape index (κ2) is 7.79. The van der Waals surface area contributed by atoms with Crippen molar-refractivity contribution < 1.29 is 13.2 Å². The zero-order valence-corrected chi connectivity index (χ0v) is 14.8. The monoisotopic (exact) mass is 362 g/mol. The Morgan fingerprint density at radius 3 is 2.88 bits per heavy atom. The van der Waals surface area contributed by atoms with Crippen molar-refractivity contribution in [3.05, 3.63) is 47.8 Å². The third kappa shape index (κ3) is 4.67. The molecular weight excluding hydrogens is 340 g/mol. The van der Waals surface area contributed by atoms with Gasteiger partial charge in [-0.25, -0.2) is 8.42 Å². The summed E-state index contributed by atoms with van der Waals surface area (Å²) in [5.74, 6) is -0.493. The predicted octanol–water partition coefficient (Wildman–Crippen LogP) is 0.857. The molecule has 0 atom stereocenters. The molecule has 0 unspecified atom stereocenters. The van der Waals surface area contributed by atoms with Crippen LogP contribution in [0.1, 0.15) is 24.2 Å². The quantitative estimate of drug-likeness (QED) is 0.795. The molecule has 0 fully saturated rings. The van der Waals surface area contributed by atoms with Crippen molar-refractivity contribution in [1.29, 1.82) is 0 Å². The van der Waals surface area contributed by atoms with Gasteiger partial charge in [0.2, 0.25) is 5.91 Å². The molecule has 0 saturated carbocycles. The van der Waals surface area contributed by atoms with E-state index in [4.69, 9.17) is 0 Å². The Morgan fingerprint density at radius 2 is 2.08 bits per heavy atom. The molecular formula is C17H22N4O3S. The van der Waals surface area contributed by atoms with Gasteiger partial charge in [0.1, 0.15) is 0 Å². The van der Waals surface area contributed by atoms with Crippen LogP contribution in [0.2, 0.25) is 0 Å². The van der Waals surface area contributed by atoms with E-state index in [1.54, 1.807) is 30.3 Å². The SMILES string of the molecule is O=C(CCS(=O)(=O)c1ccccc1)NCc1cc2n(n1)CCCNC2. The standard InChI is InChI=1S/C17H22N4O3S/c22-17(7-10-25(23,24)16-5-2-1-3-6-16)19-12-14-11-15-13-18-8-4-9-21(15)20-14/h1-3,5-6,11,18H,4,7-10,12-13H2,(H,19,22). The Morgan fingerprint density at radius 1 is 1.28 bits per heavy atom. The molecule has 1 aromatic heterocycles. The molecule has 1 amide bonds. The van der Waals surface area contributed by atoms with Crippen LogP contribution >= 0.6 is 0 Å². The van der Waals surface area contributed by atoms with Crippen LogP contribution in [0.5, 0.6) is 0 Å². The summed E-state index contributed by atoms with van der Waals surface area (Å²) in [5.41, 5.74) is 1.89. The number of hydrogen-bond donors (Lipinski definition) is 2. The van der Waals surface area contributed by atoms with Gasteiger partial charge >= 0.3 is 0 Å². The van der Waals surface area contributed by atoms with Crippen LogP contribution in [0.4, 0.5) is 0 Å². The van der Waals surface area contributed by atoms with Gasteiger partial charge in [0.25, 0.3) is 0 Å². The van der Waals surface area contributed by atoms with E-state index in [0.717, 1.165) is 37.4 Å². The van der Waals surface area contributed by atoms with Gasteiger partial charge in [-0.2, -0.15) is 5.10 Å². The van der Waals surface area contributed by atoms with Crippen molar-refractivity contribution in [3.63, 3.8) is 0 Å². The lowest BCUT2D eigenvalue weighted by Crippen LogP contribution is -2.25. The normalized spacial score (nSPS) is 14.6. The lowest BCUT2D eigenvalue weighted by Gasteiger charge is -2.05. The molecule has 1 aliphatic heterocycles. The number of aromatic nitrogens is 2. The molecule has 2 aromatic rings. The molecule has 2 heterocycles. The molecule has 1 aliphatic rings. The molecule has 134 valence electrons. The molecule has 8 heteroatoms. The smallest absolute Gasteiger partial charge is 0.221 e. The number of nitrogens with one attached hydrogen (secondary N) is 2. The Bertz CT molecular complexity index is 807. The zero-order chi connectivity index (χ0) is 17.7. The second-order valence-corrected chi connectivity index (χ2v) is 8.15. The molecule has 0 radical (unpaired) electrons. The average molecular weight is 362 g/mol. The Kier molecular flexibility index (Phi) is 5.50. The first kappa shape index (κ1) is 17.6. The van der Waals surface area contributed by atoms with Gasteiger partial charge in [0, 0.05) is 19.5 Å². The van der Waals surface area contributed by atoms with Crippen molar-refractivity contribution in [2.24, 2.45) is 0 Å². The highest BCUT2D eigenvalue weighted by molar-refractivity contribution is 7.91. The van der Waals surface area contributed by atoms with E-state index in [9.17, 15) is 13.2 Å². The van der Waals surface area contributed by atoms with Gasteiger partial charge in [-0.3, -0.25) is 9.48 Å². The van der Waals surface area contributed by atoms with Gasteiger partial charge in [-0.15, -0.1) is 0 Å². The van der Waals surface area contributed by atoms with Gasteiger partial charge in [0.15, 0.2) is 9.84 Å². The number of sulfone groups is 1. The lowest BCUT2D eigenvalue weighted by atomic mass is 10.3. The van der Waals surface area contributed by atoms with Crippen LogP contribution in [0.15, 0.2) is 41.3 Å². The van der Waals surface area contributed by atoms with Crippen molar-refractivity contribution in [1.82, 2.24) is 20.4 Å². The highest BCUT2D eigenvalue weighted by Crippen LogP contribution is 2.11. The van der Waals surface area contributed by atoms with E-state index in [-0.39, 0.29) is 23.0 Å². The highest BCUT2D eigenvalue weighted by atomic mass is 32.2. The second-order valence-electron chi connectivity index (χ2n) is 6.04. The first-order valence-corrected chi connectivity index (χ1v) is 10.0. The van der Waals surface area contributed by atoms with Crippen molar-refractivity contribution in [3.8, 4) is 0 Å². The summed E-state index contributed by atoms with van der Waals surface area (Å²) < 4.78 is 26.3. The van der Waals surface area contributed by atoms with Crippen LogP contribution in [-0.4, -0.2) is 36.4 Å². The first-order chi connectivity index (χ1) is 12.0. The van der Waals surface area contributed by atoms with Gasteiger partial charge < -0.3 is 10.6 Å². The lowest BCUT2D eigenvalue weighted by molar-refractivity contribution is -0.120. The maximum Gasteiger partial charge on any atom is 0.221 e. The maximum atomic E-state index is 12.2. The van der Waals surface area contributed by atoms with Gasteiger partial charge in [0.05, 0.1) is 28.6 Å². The summed E-state index contributed by atoms with van der Waals surface area (Å²) in [7, 11) is -3.43. The van der Waals surface area contributed by atoms with Crippen LogP contribution in [0.3, 0.4) is 0 Å². The highest BCUT2D eigenvalue weighted by Gasteiger charge is 2.16. The molecule has 0 bridgehead atoms. The average Bonchev–Trinajstić information content (AvgIpc) is 2.88. The fourth-order valence-electron chi connectivity index (χ4n) is 2.76. The molecule has 0 spiro atoms. The molecule has 1 aromatic carbocycles. The van der Waals surface area contributed by atoms with Crippen LogP contribution in [-0.2, 0) is 34.3 Å². The number of fused-ring (bicyclic) bond motifs is 1. The van der Waals surface area contributed by atoms with Crippen LogP contribution in [0.25, 0.3) is 0 Å². The molecule has 0 saturated heterocycles. The molecule has 3 rings (SSSR count). The van der Waals surface area contributed by atoms with E-state index >= 15 is 0 Å².